The van der Waals surface area contributed by atoms with Crippen LogP contribution in [0.4, 0.5) is 11.6 Å². The number of nitrogens with one attached hydrogen (secondary N) is 1. The molecule has 0 radical (unpaired) electrons. The Labute approximate surface area is 214 Å². The van der Waals surface area contributed by atoms with Crippen LogP contribution in [0.2, 0.25) is 0 Å². The van der Waals surface area contributed by atoms with Crippen molar-refractivity contribution in [2.24, 2.45) is 0 Å². The molecule has 5 rings (SSSR count). The maximum absolute atomic E-state index is 12.8. The second-order valence-electron chi connectivity index (χ2n) is 8.70. The van der Waals surface area contributed by atoms with E-state index in [2.05, 4.69) is 20.3 Å². The van der Waals surface area contributed by atoms with Crippen LogP contribution in [0.5, 0.6) is 0 Å². The largest absolute Gasteiger partial charge is 0.393 e. The predicted molar refractivity (Wildman–Crippen MR) is 138 cm³/mol. The summed E-state index contributed by atoms with van der Waals surface area (Å²) in [7, 11) is -3.63. The third-order valence-electron chi connectivity index (χ3n) is 6.22. The molecule has 4 aromatic rings. The minimum absolute atomic E-state index is 0.0499. The van der Waals surface area contributed by atoms with Crippen LogP contribution >= 0.6 is 0 Å². The molecule has 1 aliphatic heterocycles. The molecule has 2 aromatic carbocycles. The first-order chi connectivity index (χ1) is 17.9. The molecule has 10 heteroatoms. The summed E-state index contributed by atoms with van der Waals surface area (Å²) in [5.74, 6) is 0.321. The zero-order valence-corrected chi connectivity index (χ0v) is 20.7. The van der Waals surface area contributed by atoms with Crippen LogP contribution in [0.1, 0.15) is 23.2 Å². The molecule has 1 aliphatic rings. The van der Waals surface area contributed by atoms with E-state index in [0.29, 0.717) is 43.1 Å². The lowest BCUT2D eigenvalue weighted by atomic mass is 10.1. The molecule has 188 valence electrons. The van der Waals surface area contributed by atoms with Gasteiger partial charge in [-0.05, 0) is 67.4 Å². The number of nitrogens with zero attached hydrogens (tertiary/aromatic N) is 4. The van der Waals surface area contributed by atoms with E-state index in [9.17, 15) is 18.3 Å². The predicted octanol–water partition coefficient (Wildman–Crippen LogP) is 3.71. The fourth-order valence-electron chi connectivity index (χ4n) is 4.11. The van der Waals surface area contributed by atoms with E-state index in [0.717, 1.165) is 11.3 Å². The van der Waals surface area contributed by atoms with Gasteiger partial charge in [0.2, 0.25) is 15.8 Å². The van der Waals surface area contributed by atoms with Gasteiger partial charge < -0.3 is 15.3 Å². The van der Waals surface area contributed by atoms with Crippen LogP contribution in [0, 0.1) is 0 Å². The number of carbonyl (C=O) groups excluding carboxylic acids is 1. The molecule has 0 saturated carbocycles. The van der Waals surface area contributed by atoms with E-state index in [-0.39, 0.29) is 21.8 Å². The highest BCUT2D eigenvalue weighted by atomic mass is 32.2. The van der Waals surface area contributed by atoms with Crippen molar-refractivity contribution in [3.8, 4) is 11.3 Å². The Hall–Kier alpha value is -4.15. The molecular weight excluding hydrogens is 490 g/mol. The van der Waals surface area contributed by atoms with Crippen LogP contribution in [-0.4, -0.2) is 58.5 Å². The SMILES string of the molecule is O=C(c1ccc(Nc2nccc(-c3ccc(S(=O)(=O)c4ccncc4)cc3)n2)cc1)N1CCC(O)CC1. The number of benzene rings is 2. The highest BCUT2D eigenvalue weighted by Crippen LogP contribution is 2.25. The smallest absolute Gasteiger partial charge is 0.253 e. The van der Waals surface area contributed by atoms with Gasteiger partial charge in [-0.3, -0.25) is 9.78 Å². The summed E-state index contributed by atoms with van der Waals surface area (Å²) in [6.07, 6.45) is 5.38. The summed E-state index contributed by atoms with van der Waals surface area (Å²) in [5, 5.41) is 12.8. The number of piperidine rings is 1. The number of anilines is 2. The van der Waals surface area contributed by atoms with Crippen molar-refractivity contribution in [3.05, 3.63) is 90.9 Å². The Morgan fingerprint density at radius 3 is 2.19 bits per heavy atom. The van der Waals surface area contributed by atoms with E-state index < -0.39 is 9.84 Å². The van der Waals surface area contributed by atoms with Crippen molar-refractivity contribution in [1.29, 1.82) is 0 Å². The fourth-order valence-corrected chi connectivity index (χ4v) is 5.36. The molecule has 2 aromatic heterocycles. The maximum Gasteiger partial charge on any atom is 0.253 e. The van der Waals surface area contributed by atoms with Gasteiger partial charge in [0.1, 0.15) is 0 Å². The van der Waals surface area contributed by atoms with Crippen molar-refractivity contribution in [1.82, 2.24) is 19.9 Å². The summed E-state index contributed by atoms with van der Waals surface area (Å²) in [5.41, 5.74) is 2.68. The monoisotopic (exact) mass is 515 g/mol. The average molecular weight is 516 g/mol. The number of sulfone groups is 1. The van der Waals surface area contributed by atoms with Gasteiger partial charge in [-0.15, -0.1) is 0 Å². The molecule has 0 atom stereocenters. The zero-order chi connectivity index (χ0) is 25.8. The molecular formula is C27H25N5O4S. The first-order valence-electron chi connectivity index (χ1n) is 11.8. The molecule has 0 aliphatic carbocycles. The van der Waals surface area contributed by atoms with E-state index in [4.69, 9.17) is 0 Å². The van der Waals surface area contributed by atoms with E-state index in [1.165, 1.54) is 24.5 Å². The Morgan fingerprint density at radius 1 is 0.865 bits per heavy atom. The highest BCUT2D eigenvalue weighted by Gasteiger charge is 2.22. The van der Waals surface area contributed by atoms with Gasteiger partial charge in [-0.1, -0.05) is 12.1 Å². The molecule has 0 unspecified atom stereocenters. The van der Waals surface area contributed by atoms with Crippen LogP contribution in [0.3, 0.4) is 0 Å². The number of amides is 1. The third-order valence-corrected chi connectivity index (χ3v) is 8.00. The quantitative estimate of drug-likeness (QED) is 0.398. The first kappa shape index (κ1) is 24.5. The number of hydrogen-bond acceptors (Lipinski definition) is 8. The second kappa shape index (κ2) is 10.5. The Balaban J connectivity index is 1.28. The van der Waals surface area contributed by atoms with Crippen molar-refractivity contribution < 1.29 is 18.3 Å². The number of rotatable bonds is 6. The lowest BCUT2D eigenvalue weighted by Crippen LogP contribution is -2.40. The van der Waals surface area contributed by atoms with Crippen molar-refractivity contribution >= 4 is 27.4 Å². The molecule has 37 heavy (non-hydrogen) atoms. The van der Waals surface area contributed by atoms with E-state index in [1.807, 2.05) is 0 Å². The van der Waals surface area contributed by atoms with Gasteiger partial charge in [0.15, 0.2) is 0 Å². The van der Waals surface area contributed by atoms with Crippen LogP contribution in [-0.2, 0) is 9.84 Å². The van der Waals surface area contributed by atoms with Crippen molar-refractivity contribution in [2.45, 2.75) is 28.7 Å². The Kier molecular flexibility index (Phi) is 6.93. The molecule has 0 spiro atoms. The number of pyridine rings is 1. The standard InChI is InChI=1S/C27H25N5O4S/c33-22-12-17-32(18-13-22)26(34)20-1-5-21(6-2-20)30-27-29-16-11-25(31-27)19-3-7-23(8-4-19)37(35,36)24-9-14-28-15-10-24/h1-11,14-16,22,33H,12-13,17-18H2,(H,29,30,31). The lowest BCUT2D eigenvalue weighted by molar-refractivity contribution is 0.0546. The van der Waals surface area contributed by atoms with Crippen molar-refractivity contribution in [2.75, 3.05) is 18.4 Å². The molecule has 1 amide bonds. The maximum atomic E-state index is 12.8. The van der Waals surface area contributed by atoms with Gasteiger partial charge in [0.25, 0.3) is 5.91 Å². The molecule has 1 saturated heterocycles. The minimum Gasteiger partial charge on any atom is -0.393 e. The number of aliphatic hydroxyl groups excluding tert-OH is 1. The van der Waals surface area contributed by atoms with Gasteiger partial charge in [-0.2, -0.15) is 0 Å². The molecule has 1 fully saturated rings. The number of carbonyl (C=O) groups is 1. The van der Waals surface area contributed by atoms with Crippen LogP contribution in [0.25, 0.3) is 11.3 Å². The van der Waals surface area contributed by atoms with Gasteiger partial charge in [0.05, 0.1) is 21.6 Å². The summed E-state index contributed by atoms with van der Waals surface area (Å²) >= 11 is 0. The third kappa shape index (κ3) is 5.50. The lowest BCUT2D eigenvalue weighted by Gasteiger charge is -2.29. The first-order valence-corrected chi connectivity index (χ1v) is 13.3. The number of aliphatic hydroxyl groups is 1. The van der Waals surface area contributed by atoms with Gasteiger partial charge in [0, 0.05) is 48.5 Å². The van der Waals surface area contributed by atoms with Gasteiger partial charge in [-0.25, -0.2) is 18.4 Å². The average Bonchev–Trinajstić information content (AvgIpc) is 2.94. The van der Waals surface area contributed by atoms with E-state index >= 15 is 0 Å². The molecule has 2 N–H and O–H groups in total. The van der Waals surface area contributed by atoms with E-state index in [1.54, 1.807) is 65.7 Å². The molecule has 0 bridgehead atoms. The number of hydrogen-bond donors (Lipinski definition) is 2. The summed E-state index contributed by atoms with van der Waals surface area (Å²) in [6.45, 7) is 1.11. The summed E-state index contributed by atoms with van der Waals surface area (Å²) < 4.78 is 25.6. The molecule has 3 heterocycles. The summed E-state index contributed by atoms with van der Waals surface area (Å²) in [6, 6.07) is 18.3. The van der Waals surface area contributed by atoms with Crippen LogP contribution < -0.4 is 5.32 Å². The normalized spacial score (nSPS) is 14.4. The zero-order valence-electron chi connectivity index (χ0n) is 19.9. The van der Waals surface area contributed by atoms with Crippen LogP contribution in [0.15, 0.2) is 95.1 Å². The second-order valence-corrected chi connectivity index (χ2v) is 10.7. The van der Waals surface area contributed by atoms with Crippen molar-refractivity contribution in [3.63, 3.8) is 0 Å². The molecule has 9 nitrogen and oxygen atoms in total. The topological polar surface area (TPSA) is 125 Å². The van der Waals surface area contributed by atoms with Gasteiger partial charge >= 0.3 is 0 Å². The Morgan fingerprint density at radius 2 is 1.51 bits per heavy atom. The Bertz CT molecular complexity index is 1490. The number of aromatic nitrogens is 3. The highest BCUT2D eigenvalue weighted by molar-refractivity contribution is 7.91. The number of likely N-dealkylation sites (tertiary alicyclic amines) is 1. The summed E-state index contributed by atoms with van der Waals surface area (Å²) in [4.78, 5) is 27.5. The minimum atomic E-state index is -3.63. The fraction of sp³-hybridized carbons (Fsp3) is 0.185.